The molecule has 0 saturated carbocycles. The van der Waals surface area contributed by atoms with Crippen LogP contribution in [-0.4, -0.2) is 47.2 Å². The van der Waals surface area contributed by atoms with Crippen molar-refractivity contribution in [2.75, 3.05) is 0 Å². The first-order chi connectivity index (χ1) is 20.4. The Kier molecular flexibility index (Phi) is 8.12. The number of aliphatic carboxylic acids is 2. The average Bonchev–Trinajstić information content (AvgIpc) is 3.59. The number of nitrogens with zero attached hydrogens (tertiary/aromatic N) is 2. The summed E-state index contributed by atoms with van der Waals surface area (Å²) in [4.78, 5) is 40.1. The molecule has 0 saturated heterocycles. The molecular formula is C34H38N4O5. The van der Waals surface area contributed by atoms with Gasteiger partial charge in [0.05, 0.1) is 17.5 Å². The number of carboxylic acids is 2. The van der Waals surface area contributed by atoms with E-state index in [2.05, 4.69) is 16.5 Å². The maximum Gasteiger partial charge on any atom is 0.303 e. The topological polar surface area (TPSA) is 152 Å². The molecule has 0 aromatic carbocycles. The van der Waals surface area contributed by atoms with Gasteiger partial charge in [-0.05, 0) is 87.1 Å². The minimum absolute atomic E-state index is 0.00105. The Morgan fingerprint density at radius 3 is 2.23 bits per heavy atom. The first-order valence-electron chi connectivity index (χ1n) is 14.6. The molecule has 9 nitrogen and oxygen atoms in total. The largest absolute Gasteiger partial charge is 0.481 e. The number of aromatic amines is 2. The third-order valence-electron chi connectivity index (χ3n) is 8.86. The number of H-pyrrole nitrogens is 2. The molecule has 2 aliphatic heterocycles. The lowest BCUT2D eigenvalue weighted by Crippen LogP contribution is -2.06. The fraction of sp³-hybridized carbons (Fsp3) is 0.353. The van der Waals surface area contributed by atoms with Crippen molar-refractivity contribution >= 4 is 51.2 Å². The number of aromatic nitrogens is 4. The van der Waals surface area contributed by atoms with E-state index in [0.717, 1.165) is 66.9 Å². The van der Waals surface area contributed by atoms with Gasteiger partial charge in [0.15, 0.2) is 0 Å². The van der Waals surface area contributed by atoms with Gasteiger partial charge in [-0.25, -0.2) is 4.98 Å². The quantitative estimate of drug-likeness (QED) is 0.189. The smallest absolute Gasteiger partial charge is 0.303 e. The Hall–Kier alpha value is -4.50. The molecule has 9 heteroatoms. The van der Waals surface area contributed by atoms with E-state index in [0.29, 0.717) is 24.2 Å². The van der Waals surface area contributed by atoms with Crippen molar-refractivity contribution in [3.8, 4) is 0 Å². The van der Waals surface area contributed by atoms with E-state index in [1.165, 1.54) is 0 Å². The third-order valence-corrected chi connectivity index (χ3v) is 8.86. The highest BCUT2D eigenvalue weighted by atomic mass is 16.4. The standard InChI is InChI=1S/C34H38N4O5/c1-7-21-16(2)26-14-31-34(20(6)39)19(5)27(38-31)12-24-17(3)22(8-10-32(40)41)29(36-24)15-30-23(9-11-33(42)43)18(4)25(37-30)13-28(21)35-26/h7,12-15,17,20,22,35,38-39H,1,8-11H2,2-6H3,(H,40,41)(H,42,43). The Morgan fingerprint density at radius 2 is 1.58 bits per heavy atom. The zero-order chi connectivity index (χ0) is 31.2. The van der Waals surface area contributed by atoms with Crippen LogP contribution in [0.4, 0.5) is 0 Å². The van der Waals surface area contributed by atoms with E-state index in [4.69, 9.17) is 9.97 Å². The molecule has 43 heavy (non-hydrogen) atoms. The maximum absolute atomic E-state index is 11.6. The summed E-state index contributed by atoms with van der Waals surface area (Å²) in [6.45, 7) is 13.8. The van der Waals surface area contributed by atoms with Gasteiger partial charge in [0, 0.05) is 69.3 Å². The zero-order valence-electron chi connectivity index (χ0n) is 25.2. The highest BCUT2D eigenvalue weighted by molar-refractivity contribution is 5.93. The number of rotatable bonds is 8. The van der Waals surface area contributed by atoms with E-state index < -0.39 is 18.0 Å². The fourth-order valence-corrected chi connectivity index (χ4v) is 6.40. The summed E-state index contributed by atoms with van der Waals surface area (Å²) < 4.78 is 0. The molecule has 0 fully saturated rings. The van der Waals surface area contributed by atoms with Gasteiger partial charge >= 0.3 is 11.9 Å². The van der Waals surface area contributed by atoms with Gasteiger partial charge in [-0.1, -0.05) is 19.6 Å². The number of aliphatic hydroxyl groups excluding tert-OH is 1. The molecule has 3 aromatic rings. The van der Waals surface area contributed by atoms with Crippen LogP contribution in [0, 0.1) is 13.8 Å². The van der Waals surface area contributed by atoms with Crippen LogP contribution in [0.1, 0.15) is 109 Å². The van der Waals surface area contributed by atoms with Crippen molar-refractivity contribution < 1.29 is 24.9 Å². The highest BCUT2D eigenvalue weighted by Gasteiger charge is 2.30. The van der Waals surface area contributed by atoms with E-state index in [9.17, 15) is 24.9 Å². The van der Waals surface area contributed by atoms with Crippen LogP contribution in [-0.2, 0) is 9.59 Å². The molecule has 2 aliphatic rings. The molecule has 3 atom stereocenters. The van der Waals surface area contributed by atoms with E-state index in [1.807, 2.05) is 52.0 Å². The summed E-state index contributed by atoms with van der Waals surface area (Å²) in [6, 6.07) is 7.84. The number of carbonyl (C=O) groups is 2. The van der Waals surface area contributed by atoms with E-state index >= 15 is 0 Å². The SMILES string of the molecule is C=Cc1c(C)c2cc3[nH]c(cc4nc(cc5nc(cc1[nH]2)C(C)=C5CCC(=O)O)C(CCC(=O)O)C4C)c(C)c3C(C)O. The molecule has 0 spiro atoms. The van der Waals surface area contributed by atoms with Gasteiger partial charge in [0.2, 0.25) is 0 Å². The Balaban J connectivity index is 1.91. The molecule has 0 aliphatic carbocycles. The molecule has 0 radical (unpaired) electrons. The summed E-state index contributed by atoms with van der Waals surface area (Å²) in [5, 5.41) is 29.7. The van der Waals surface area contributed by atoms with Crippen molar-refractivity contribution in [2.45, 2.75) is 78.2 Å². The fourth-order valence-electron chi connectivity index (χ4n) is 6.40. The second kappa shape index (κ2) is 11.6. The molecular weight excluding hydrogens is 544 g/mol. The average molecular weight is 583 g/mol. The molecule has 224 valence electrons. The lowest BCUT2D eigenvalue weighted by atomic mass is 9.87. The van der Waals surface area contributed by atoms with Gasteiger partial charge in [-0.2, -0.15) is 0 Å². The van der Waals surface area contributed by atoms with Crippen LogP contribution in [0.15, 0.2) is 30.8 Å². The van der Waals surface area contributed by atoms with Crippen LogP contribution in [0.3, 0.4) is 0 Å². The number of hydrogen-bond donors (Lipinski definition) is 5. The molecule has 8 bridgehead atoms. The van der Waals surface area contributed by atoms with Gasteiger partial charge in [0.1, 0.15) is 0 Å². The number of carboxylic acid groups (broad SMARTS) is 2. The summed E-state index contributed by atoms with van der Waals surface area (Å²) in [7, 11) is 0. The number of fused-ring (bicyclic) bond motifs is 8. The molecule has 5 rings (SSSR count). The van der Waals surface area contributed by atoms with Crippen molar-refractivity contribution in [2.24, 2.45) is 0 Å². The van der Waals surface area contributed by atoms with Crippen molar-refractivity contribution in [1.29, 1.82) is 0 Å². The molecule has 0 amide bonds. The third kappa shape index (κ3) is 5.64. The van der Waals surface area contributed by atoms with Crippen LogP contribution in [0.2, 0.25) is 0 Å². The molecule has 5 N–H and O–H groups in total. The minimum atomic E-state index is -0.891. The molecule has 3 unspecified atom stereocenters. The number of hydrogen-bond acceptors (Lipinski definition) is 5. The molecule has 5 heterocycles. The van der Waals surface area contributed by atoms with Crippen LogP contribution in [0.5, 0.6) is 0 Å². The van der Waals surface area contributed by atoms with Gasteiger partial charge in [-0.3, -0.25) is 14.6 Å². The van der Waals surface area contributed by atoms with Crippen molar-refractivity contribution in [3.63, 3.8) is 0 Å². The molecule has 3 aromatic heterocycles. The lowest BCUT2D eigenvalue weighted by Gasteiger charge is -2.15. The summed E-state index contributed by atoms with van der Waals surface area (Å²) in [5.74, 6) is -1.99. The first kappa shape index (κ1) is 30.0. The summed E-state index contributed by atoms with van der Waals surface area (Å²) >= 11 is 0. The predicted octanol–water partition coefficient (Wildman–Crippen LogP) is 7.18. The zero-order valence-corrected chi connectivity index (χ0v) is 25.2. The second-order valence-electron chi connectivity index (χ2n) is 11.6. The highest BCUT2D eigenvalue weighted by Crippen LogP contribution is 2.42. The van der Waals surface area contributed by atoms with Crippen molar-refractivity contribution in [1.82, 2.24) is 19.9 Å². The van der Waals surface area contributed by atoms with Crippen molar-refractivity contribution in [3.05, 3.63) is 75.9 Å². The van der Waals surface area contributed by atoms with E-state index in [-0.39, 0.29) is 24.7 Å². The van der Waals surface area contributed by atoms with E-state index in [1.54, 1.807) is 13.0 Å². The normalized spacial score (nSPS) is 17.3. The maximum atomic E-state index is 11.6. The minimum Gasteiger partial charge on any atom is -0.481 e. The number of aryl methyl sites for hydroxylation is 2. The number of allylic oxidation sites excluding steroid dienone is 2. The first-order valence-corrected chi connectivity index (χ1v) is 14.6. The summed E-state index contributed by atoms with van der Waals surface area (Å²) in [6.07, 6.45) is 1.75. The van der Waals surface area contributed by atoms with Gasteiger partial charge in [-0.15, -0.1) is 0 Å². The Labute approximate surface area is 250 Å². The Bertz CT molecular complexity index is 1840. The predicted molar refractivity (Wildman–Crippen MR) is 169 cm³/mol. The monoisotopic (exact) mass is 582 g/mol. The van der Waals surface area contributed by atoms with Crippen LogP contribution < -0.4 is 0 Å². The van der Waals surface area contributed by atoms with Gasteiger partial charge in [0.25, 0.3) is 0 Å². The number of nitrogens with one attached hydrogen (secondary N) is 2. The van der Waals surface area contributed by atoms with Gasteiger partial charge < -0.3 is 25.3 Å². The second-order valence-corrected chi connectivity index (χ2v) is 11.6. The van der Waals surface area contributed by atoms with Crippen LogP contribution in [0.25, 0.3) is 39.3 Å². The summed E-state index contributed by atoms with van der Waals surface area (Å²) in [5.41, 5.74) is 11.5. The number of aliphatic hydroxyl groups is 1. The van der Waals surface area contributed by atoms with Crippen LogP contribution >= 0.6 is 0 Å². The lowest BCUT2D eigenvalue weighted by molar-refractivity contribution is -0.138. The Morgan fingerprint density at radius 1 is 0.907 bits per heavy atom.